The highest BCUT2D eigenvalue weighted by atomic mass is 16.4. The van der Waals surface area contributed by atoms with Gasteiger partial charge in [0, 0.05) is 37.3 Å². The first-order valence-corrected chi connectivity index (χ1v) is 10.7. The third kappa shape index (κ3) is 4.17. The predicted molar refractivity (Wildman–Crippen MR) is 120 cm³/mol. The number of oxazole rings is 1. The molecule has 0 aliphatic carbocycles. The normalized spacial score (nSPS) is 14.6. The van der Waals surface area contributed by atoms with Gasteiger partial charge in [-0.1, -0.05) is 42.5 Å². The largest absolute Gasteiger partial charge is 0.436 e. The molecule has 5 rings (SSSR count). The van der Waals surface area contributed by atoms with Gasteiger partial charge < -0.3 is 9.32 Å². The first-order valence-electron chi connectivity index (χ1n) is 10.7. The Bertz CT molecular complexity index is 1210. The molecule has 2 aromatic carbocycles. The van der Waals surface area contributed by atoms with E-state index in [1.165, 1.54) is 0 Å². The van der Waals surface area contributed by atoms with E-state index in [4.69, 9.17) is 4.42 Å². The lowest BCUT2D eigenvalue weighted by Gasteiger charge is -2.34. The summed E-state index contributed by atoms with van der Waals surface area (Å²) in [7, 11) is 0. The van der Waals surface area contributed by atoms with E-state index in [0.29, 0.717) is 42.4 Å². The van der Waals surface area contributed by atoms with E-state index in [0.717, 1.165) is 30.3 Å². The van der Waals surface area contributed by atoms with E-state index in [-0.39, 0.29) is 5.91 Å². The number of aromatic amines is 1. The van der Waals surface area contributed by atoms with Crippen LogP contribution in [-0.2, 0) is 6.54 Å². The van der Waals surface area contributed by atoms with Gasteiger partial charge >= 0.3 is 0 Å². The molecule has 0 saturated carbocycles. The molecule has 0 bridgehead atoms. The van der Waals surface area contributed by atoms with Gasteiger partial charge in [-0.15, -0.1) is 0 Å². The molecular formula is C24H24N6O2. The lowest BCUT2D eigenvalue weighted by Crippen LogP contribution is -2.48. The molecule has 0 spiro atoms. The summed E-state index contributed by atoms with van der Waals surface area (Å²) in [4.78, 5) is 26.3. The molecule has 2 aromatic heterocycles. The fourth-order valence-corrected chi connectivity index (χ4v) is 3.93. The van der Waals surface area contributed by atoms with Crippen molar-refractivity contribution in [2.45, 2.75) is 13.5 Å². The number of aromatic nitrogens is 4. The molecule has 8 heteroatoms. The zero-order chi connectivity index (χ0) is 21.9. The number of nitrogens with zero attached hydrogens (tertiary/aromatic N) is 5. The number of carbonyl (C=O) groups excluding carboxylic acids is 1. The number of hydrogen-bond acceptors (Lipinski definition) is 6. The van der Waals surface area contributed by atoms with E-state index in [1.54, 1.807) is 6.20 Å². The number of benzene rings is 2. The second-order valence-corrected chi connectivity index (χ2v) is 7.85. The van der Waals surface area contributed by atoms with Gasteiger partial charge in [-0.05, 0) is 19.1 Å². The minimum atomic E-state index is -0.00606. The number of carbonyl (C=O) groups is 1. The first-order chi connectivity index (χ1) is 15.7. The molecule has 1 aliphatic rings. The van der Waals surface area contributed by atoms with Crippen LogP contribution in [0.15, 0.2) is 65.2 Å². The highest BCUT2D eigenvalue weighted by Crippen LogP contribution is 2.29. The monoisotopic (exact) mass is 428 g/mol. The molecule has 1 aliphatic heterocycles. The quantitative estimate of drug-likeness (QED) is 0.524. The fourth-order valence-electron chi connectivity index (χ4n) is 3.93. The number of hydrogen-bond donors (Lipinski definition) is 1. The summed E-state index contributed by atoms with van der Waals surface area (Å²) in [5, 5.41) is 7.08. The minimum absolute atomic E-state index is 0.00606. The van der Waals surface area contributed by atoms with Crippen molar-refractivity contribution >= 4 is 5.91 Å². The second-order valence-electron chi connectivity index (χ2n) is 7.85. The van der Waals surface area contributed by atoms with Crippen LogP contribution in [-0.4, -0.2) is 62.1 Å². The fraction of sp³-hybridized carbons (Fsp3) is 0.250. The summed E-state index contributed by atoms with van der Waals surface area (Å²) in [5.41, 5.74) is 2.26. The number of H-pyrrole nitrogens is 1. The van der Waals surface area contributed by atoms with E-state index in [9.17, 15) is 4.79 Å². The van der Waals surface area contributed by atoms with Crippen molar-refractivity contribution in [2.75, 3.05) is 26.2 Å². The average molecular weight is 428 g/mol. The molecule has 162 valence electrons. The average Bonchev–Trinajstić information content (AvgIpc) is 3.49. The number of nitrogens with one attached hydrogen (secondary N) is 1. The maximum atomic E-state index is 13.3. The molecule has 32 heavy (non-hydrogen) atoms. The molecular weight excluding hydrogens is 404 g/mol. The summed E-state index contributed by atoms with van der Waals surface area (Å²) in [5.74, 6) is 2.72. The summed E-state index contributed by atoms with van der Waals surface area (Å²) in [6.07, 6.45) is 1.70. The smallest absolute Gasteiger partial charge is 0.254 e. The summed E-state index contributed by atoms with van der Waals surface area (Å²) in [6, 6.07) is 17.3. The summed E-state index contributed by atoms with van der Waals surface area (Å²) in [6.45, 7) is 5.43. The van der Waals surface area contributed by atoms with Crippen molar-refractivity contribution in [1.29, 1.82) is 0 Å². The Morgan fingerprint density at radius 1 is 1.03 bits per heavy atom. The molecule has 1 N–H and O–H groups in total. The highest BCUT2D eigenvalue weighted by molar-refractivity contribution is 6.00. The zero-order valence-corrected chi connectivity index (χ0v) is 17.9. The van der Waals surface area contributed by atoms with Crippen LogP contribution in [0, 0.1) is 6.92 Å². The minimum Gasteiger partial charge on any atom is -0.436 e. The van der Waals surface area contributed by atoms with Gasteiger partial charge in [-0.3, -0.25) is 14.8 Å². The van der Waals surface area contributed by atoms with Crippen molar-refractivity contribution in [1.82, 2.24) is 30.0 Å². The molecule has 8 nitrogen and oxygen atoms in total. The van der Waals surface area contributed by atoms with Crippen LogP contribution in [0.4, 0.5) is 0 Å². The van der Waals surface area contributed by atoms with E-state index in [1.807, 2.05) is 66.4 Å². The number of rotatable bonds is 5. The van der Waals surface area contributed by atoms with Crippen LogP contribution in [0.5, 0.6) is 0 Å². The van der Waals surface area contributed by atoms with Gasteiger partial charge in [-0.2, -0.15) is 5.10 Å². The second kappa shape index (κ2) is 8.76. The van der Waals surface area contributed by atoms with Crippen LogP contribution in [0.25, 0.3) is 22.8 Å². The van der Waals surface area contributed by atoms with Gasteiger partial charge in [0.25, 0.3) is 5.91 Å². The standard InChI is InChI=1S/C24H24N6O2/c1-17-26-22(28-27-17)16-29-11-13-30(14-12-29)24(31)20-10-6-5-9-19(20)23-25-15-21(32-23)18-7-3-2-4-8-18/h2-10,15H,11-14,16H2,1H3,(H,26,27,28). The Balaban J connectivity index is 1.30. The molecule has 1 amide bonds. The Labute approximate surface area is 185 Å². The van der Waals surface area contributed by atoms with Crippen LogP contribution >= 0.6 is 0 Å². The Morgan fingerprint density at radius 3 is 2.53 bits per heavy atom. The van der Waals surface area contributed by atoms with Crippen molar-refractivity contribution in [2.24, 2.45) is 0 Å². The lowest BCUT2D eigenvalue weighted by atomic mass is 10.1. The summed E-state index contributed by atoms with van der Waals surface area (Å²) < 4.78 is 6.01. The first kappa shape index (κ1) is 20.1. The SMILES string of the molecule is Cc1nc(CN2CCN(C(=O)c3ccccc3-c3ncc(-c4ccccc4)o3)CC2)n[nH]1. The maximum absolute atomic E-state index is 13.3. The highest BCUT2D eigenvalue weighted by Gasteiger charge is 2.25. The molecule has 3 heterocycles. The van der Waals surface area contributed by atoms with E-state index >= 15 is 0 Å². The summed E-state index contributed by atoms with van der Waals surface area (Å²) >= 11 is 0. The van der Waals surface area contributed by atoms with E-state index in [2.05, 4.69) is 25.1 Å². The predicted octanol–water partition coefficient (Wildman–Crippen LogP) is 3.39. The zero-order valence-electron chi connectivity index (χ0n) is 17.9. The van der Waals surface area contributed by atoms with Gasteiger partial charge in [-0.25, -0.2) is 9.97 Å². The van der Waals surface area contributed by atoms with Crippen molar-refractivity contribution < 1.29 is 9.21 Å². The van der Waals surface area contributed by atoms with Crippen molar-refractivity contribution in [3.8, 4) is 22.8 Å². The van der Waals surface area contributed by atoms with Crippen LogP contribution < -0.4 is 0 Å². The molecule has 0 unspecified atom stereocenters. The Hall–Kier alpha value is -3.78. The third-order valence-corrected chi connectivity index (χ3v) is 5.62. The molecule has 1 saturated heterocycles. The maximum Gasteiger partial charge on any atom is 0.254 e. The topological polar surface area (TPSA) is 91.2 Å². The van der Waals surface area contributed by atoms with Crippen molar-refractivity contribution in [3.63, 3.8) is 0 Å². The third-order valence-electron chi connectivity index (χ3n) is 5.62. The van der Waals surface area contributed by atoms with Gasteiger partial charge in [0.1, 0.15) is 5.82 Å². The van der Waals surface area contributed by atoms with Crippen LogP contribution in [0.3, 0.4) is 0 Å². The lowest BCUT2D eigenvalue weighted by molar-refractivity contribution is 0.0626. The Kier molecular flexibility index (Phi) is 5.51. The molecule has 4 aromatic rings. The number of aryl methyl sites for hydroxylation is 1. The van der Waals surface area contributed by atoms with Gasteiger partial charge in [0.2, 0.25) is 5.89 Å². The molecule has 0 radical (unpaired) electrons. The van der Waals surface area contributed by atoms with Crippen LogP contribution in [0.2, 0.25) is 0 Å². The van der Waals surface area contributed by atoms with E-state index < -0.39 is 0 Å². The number of piperazine rings is 1. The van der Waals surface area contributed by atoms with Gasteiger partial charge in [0.05, 0.1) is 18.3 Å². The van der Waals surface area contributed by atoms with Crippen LogP contribution in [0.1, 0.15) is 22.0 Å². The molecule has 0 atom stereocenters. The Morgan fingerprint density at radius 2 is 1.78 bits per heavy atom. The van der Waals surface area contributed by atoms with Crippen molar-refractivity contribution in [3.05, 3.63) is 78.0 Å². The number of amides is 1. The molecule has 1 fully saturated rings. The van der Waals surface area contributed by atoms with Gasteiger partial charge in [0.15, 0.2) is 11.6 Å².